The van der Waals surface area contributed by atoms with E-state index < -0.39 is 0 Å². The molecule has 0 saturated carbocycles. The van der Waals surface area contributed by atoms with Crippen LogP contribution < -0.4 is 5.32 Å². The molecule has 0 fully saturated rings. The maximum Gasteiger partial charge on any atom is 0.251 e. The largest absolute Gasteiger partial charge is 0.394 e. The van der Waals surface area contributed by atoms with Crippen molar-refractivity contribution >= 4 is 11.7 Å². The molecule has 2 aromatic carbocycles. The molecule has 1 amide bonds. The first-order valence-electron chi connectivity index (χ1n) is 6.81. The fourth-order valence-corrected chi connectivity index (χ4v) is 2.52. The molecule has 2 N–H and O–H groups in total. The van der Waals surface area contributed by atoms with E-state index >= 15 is 0 Å². The first-order chi connectivity index (χ1) is 10.1. The van der Waals surface area contributed by atoms with Crippen molar-refractivity contribution in [2.75, 3.05) is 6.61 Å². The first-order valence-corrected chi connectivity index (χ1v) is 6.81. The summed E-state index contributed by atoms with van der Waals surface area (Å²) < 4.78 is 0. The third-order valence-corrected chi connectivity index (χ3v) is 3.64. The Bertz CT molecular complexity index is 737. The lowest BCUT2D eigenvalue weighted by Gasteiger charge is -2.11. The molecule has 106 valence electrons. The Morgan fingerprint density at radius 1 is 1.10 bits per heavy atom. The van der Waals surface area contributed by atoms with Crippen LogP contribution in [0.5, 0.6) is 0 Å². The highest BCUT2D eigenvalue weighted by Crippen LogP contribution is 2.36. The average Bonchev–Trinajstić information content (AvgIpc) is 2.80. The van der Waals surface area contributed by atoms with Crippen molar-refractivity contribution in [2.24, 2.45) is 0 Å². The van der Waals surface area contributed by atoms with Crippen LogP contribution in [0.15, 0.2) is 42.5 Å². The minimum absolute atomic E-state index is 0.0505. The van der Waals surface area contributed by atoms with Crippen molar-refractivity contribution in [1.82, 2.24) is 5.32 Å². The highest BCUT2D eigenvalue weighted by Gasteiger charge is 2.27. The van der Waals surface area contributed by atoms with Crippen LogP contribution in [0.1, 0.15) is 33.2 Å². The zero-order chi connectivity index (χ0) is 15.0. The van der Waals surface area contributed by atoms with Crippen LogP contribution in [0, 0.1) is 0 Å². The molecule has 0 aromatic heterocycles. The Morgan fingerprint density at radius 2 is 1.76 bits per heavy atom. The van der Waals surface area contributed by atoms with Crippen LogP contribution in [-0.4, -0.2) is 29.4 Å². The number of amides is 1. The molecule has 0 bridgehead atoms. The number of fused-ring (bicyclic) bond motifs is 3. The van der Waals surface area contributed by atoms with Crippen LogP contribution in [0.25, 0.3) is 11.1 Å². The summed E-state index contributed by atoms with van der Waals surface area (Å²) in [5.41, 5.74) is 3.43. The molecule has 4 heteroatoms. The molecule has 0 heterocycles. The summed E-state index contributed by atoms with van der Waals surface area (Å²) in [6, 6.07) is 12.2. The fraction of sp³-hybridized carbons (Fsp3) is 0.176. The van der Waals surface area contributed by atoms with Gasteiger partial charge in [0.2, 0.25) is 0 Å². The van der Waals surface area contributed by atoms with Crippen molar-refractivity contribution < 1.29 is 14.7 Å². The summed E-state index contributed by atoms with van der Waals surface area (Å²) in [6.07, 6.45) is 0. The lowest BCUT2D eigenvalue weighted by molar-refractivity contribution is 0.0922. The van der Waals surface area contributed by atoms with Gasteiger partial charge in [-0.25, -0.2) is 0 Å². The van der Waals surface area contributed by atoms with Crippen LogP contribution in [0.4, 0.5) is 0 Å². The maximum absolute atomic E-state index is 12.4. The topological polar surface area (TPSA) is 66.4 Å². The Morgan fingerprint density at radius 3 is 2.48 bits per heavy atom. The number of carbonyl (C=O) groups excluding carboxylic acids is 2. The molecule has 1 unspecified atom stereocenters. The first kappa shape index (κ1) is 13.5. The van der Waals surface area contributed by atoms with E-state index in [0.717, 1.165) is 11.1 Å². The van der Waals surface area contributed by atoms with Gasteiger partial charge < -0.3 is 10.4 Å². The number of aliphatic hydroxyl groups is 1. The van der Waals surface area contributed by atoms with Gasteiger partial charge in [-0.15, -0.1) is 0 Å². The van der Waals surface area contributed by atoms with E-state index in [1.165, 1.54) is 0 Å². The monoisotopic (exact) mass is 281 g/mol. The quantitative estimate of drug-likeness (QED) is 0.771. The number of nitrogens with one attached hydrogen (secondary N) is 1. The predicted octanol–water partition coefficient (Wildman–Crippen LogP) is 2.01. The summed E-state index contributed by atoms with van der Waals surface area (Å²) in [5, 5.41) is 11.6. The Hall–Kier alpha value is -2.46. The smallest absolute Gasteiger partial charge is 0.251 e. The predicted molar refractivity (Wildman–Crippen MR) is 79.3 cm³/mol. The molecular formula is C17H15NO3. The third kappa shape index (κ3) is 2.23. The Balaban J connectivity index is 1.98. The number of aliphatic hydroxyl groups excluding tert-OH is 1. The molecule has 21 heavy (non-hydrogen) atoms. The second-order valence-corrected chi connectivity index (χ2v) is 5.19. The molecule has 0 aliphatic heterocycles. The van der Waals surface area contributed by atoms with E-state index in [9.17, 15) is 9.59 Å². The molecule has 1 atom stereocenters. The van der Waals surface area contributed by atoms with Crippen molar-refractivity contribution in [3.05, 3.63) is 59.2 Å². The van der Waals surface area contributed by atoms with Crippen LogP contribution in [-0.2, 0) is 0 Å². The second kappa shape index (κ2) is 5.14. The minimum atomic E-state index is -0.321. The minimum Gasteiger partial charge on any atom is -0.394 e. The molecule has 0 spiro atoms. The van der Waals surface area contributed by atoms with Gasteiger partial charge in [0.15, 0.2) is 5.78 Å². The highest BCUT2D eigenvalue weighted by molar-refractivity contribution is 6.22. The number of rotatable bonds is 3. The van der Waals surface area contributed by atoms with E-state index in [0.29, 0.717) is 16.7 Å². The van der Waals surface area contributed by atoms with Crippen LogP contribution in [0.3, 0.4) is 0 Å². The normalized spacial score (nSPS) is 13.5. The lowest BCUT2D eigenvalue weighted by Crippen LogP contribution is -2.35. The highest BCUT2D eigenvalue weighted by atomic mass is 16.3. The zero-order valence-corrected chi connectivity index (χ0v) is 11.6. The van der Waals surface area contributed by atoms with Gasteiger partial charge >= 0.3 is 0 Å². The summed E-state index contributed by atoms with van der Waals surface area (Å²) in [5.74, 6) is -0.339. The van der Waals surface area contributed by atoms with Gasteiger partial charge in [-0.1, -0.05) is 30.3 Å². The number of hydrogen-bond donors (Lipinski definition) is 2. The third-order valence-electron chi connectivity index (χ3n) is 3.64. The lowest BCUT2D eigenvalue weighted by atomic mass is 10.0. The van der Waals surface area contributed by atoms with Gasteiger partial charge in [-0.05, 0) is 30.2 Å². The van der Waals surface area contributed by atoms with Crippen LogP contribution >= 0.6 is 0 Å². The number of carbonyl (C=O) groups is 2. The number of hydrogen-bond acceptors (Lipinski definition) is 3. The maximum atomic E-state index is 12.4. The molecule has 2 aromatic rings. The van der Waals surface area contributed by atoms with E-state index in [4.69, 9.17) is 5.11 Å². The van der Waals surface area contributed by atoms with Crippen molar-refractivity contribution in [2.45, 2.75) is 13.0 Å². The van der Waals surface area contributed by atoms with E-state index in [2.05, 4.69) is 5.32 Å². The molecule has 1 aliphatic carbocycles. The molecule has 0 saturated heterocycles. The van der Waals surface area contributed by atoms with Gasteiger partial charge in [0.05, 0.1) is 6.61 Å². The van der Waals surface area contributed by atoms with Gasteiger partial charge in [0, 0.05) is 22.7 Å². The van der Waals surface area contributed by atoms with E-state index in [1.807, 2.05) is 18.2 Å². The van der Waals surface area contributed by atoms with Gasteiger partial charge in [-0.2, -0.15) is 0 Å². The zero-order valence-electron chi connectivity index (χ0n) is 11.6. The number of benzene rings is 2. The molecule has 3 rings (SSSR count). The van der Waals surface area contributed by atoms with E-state index in [-0.39, 0.29) is 24.3 Å². The summed E-state index contributed by atoms with van der Waals surface area (Å²) in [6.45, 7) is 1.59. The SMILES string of the molecule is CC(CO)NC(=O)c1ccc2c(c1)C(=O)c1ccccc1-2. The average molecular weight is 281 g/mol. The standard InChI is InChI=1S/C17H15NO3/c1-10(9-19)18-17(21)11-6-7-13-12-4-2-3-5-14(12)16(20)15(13)8-11/h2-8,10,19H,9H2,1H3,(H,18,21). The van der Waals surface area contributed by atoms with Gasteiger partial charge in [-0.3, -0.25) is 9.59 Å². The fourth-order valence-electron chi connectivity index (χ4n) is 2.52. The number of ketones is 1. The summed E-state index contributed by atoms with van der Waals surface area (Å²) in [7, 11) is 0. The molecule has 4 nitrogen and oxygen atoms in total. The molecular weight excluding hydrogens is 266 g/mol. The Kier molecular flexibility index (Phi) is 3.31. The van der Waals surface area contributed by atoms with E-state index in [1.54, 1.807) is 31.2 Å². The second-order valence-electron chi connectivity index (χ2n) is 5.19. The molecule has 0 radical (unpaired) electrons. The Labute approximate surface area is 122 Å². The molecule has 1 aliphatic rings. The van der Waals surface area contributed by atoms with Crippen molar-refractivity contribution in [3.63, 3.8) is 0 Å². The van der Waals surface area contributed by atoms with Crippen molar-refractivity contribution in [3.8, 4) is 11.1 Å². The van der Waals surface area contributed by atoms with Gasteiger partial charge in [0.1, 0.15) is 0 Å². The van der Waals surface area contributed by atoms with Crippen molar-refractivity contribution in [1.29, 1.82) is 0 Å². The summed E-state index contributed by atoms with van der Waals surface area (Å²) in [4.78, 5) is 24.4. The van der Waals surface area contributed by atoms with Gasteiger partial charge in [0.25, 0.3) is 5.91 Å². The summed E-state index contributed by atoms with van der Waals surface area (Å²) >= 11 is 0. The van der Waals surface area contributed by atoms with Crippen LogP contribution in [0.2, 0.25) is 0 Å².